The van der Waals surface area contributed by atoms with Crippen LogP contribution in [0.5, 0.6) is 11.5 Å². The summed E-state index contributed by atoms with van der Waals surface area (Å²) in [5, 5.41) is 11.5. The molecule has 0 radical (unpaired) electrons. The zero-order valence-electron chi connectivity index (χ0n) is 18.5. The van der Waals surface area contributed by atoms with Gasteiger partial charge in [0.2, 0.25) is 0 Å². The summed E-state index contributed by atoms with van der Waals surface area (Å²) in [4.78, 5) is 28.0. The number of furan rings is 1. The number of Topliss-reactive ketones (excluding diaryl/α,β-unsaturated/α-hetero) is 1. The summed E-state index contributed by atoms with van der Waals surface area (Å²) in [6.07, 6.45) is 1.13. The minimum absolute atomic E-state index is 0.205. The third-order valence-corrected chi connectivity index (χ3v) is 5.88. The molecule has 7 heteroatoms. The van der Waals surface area contributed by atoms with Crippen LogP contribution >= 0.6 is 0 Å². The number of hydrogen-bond acceptors (Lipinski definition) is 6. The van der Waals surface area contributed by atoms with Crippen LogP contribution in [0.25, 0.3) is 0 Å². The number of ketones is 1. The number of ether oxygens (including phenoxy) is 2. The molecule has 0 saturated carbocycles. The Hall–Kier alpha value is -3.58. The van der Waals surface area contributed by atoms with Crippen molar-refractivity contribution >= 4 is 17.4 Å². The molecule has 2 heterocycles. The van der Waals surface area contributed by atoms with Gasteiger partial charge in [-0.05, 0) is 43.2 Å². The Morgan fingerprint density at radius 1 is 1.09 bits per heavy atom. The van der Waals surface area contributed by atoms with E-state index in [4.69, 9.17) is 13.9 Å². The molecule has 4 rings (SSSR count). The Labute approximate surface area is 186 Å². The summed E-state index contributed by atoms with van der Waals surface area (Å²) in [6.45, 7) is 3.66. The van der Waals surface area contributed by atoms with Crippen LogP contribution in [0.2, 0.25) is 0 Å². The highest BCUT2D eigenvalue weighted by molar-refractivity contribution is 6.11. The molecule has 1 amide bonds. The maximum Gasteiger partial charge on any atom is 0.264 e. The van der Waals surface area contributed by atoms with Crippen molar-refractivity contribution in [1.82, 2.24) is 0 Å². The summed E-state index contributed by atoms with van der Waals surface area (Å²) in [6, 6.07) is 12.4. The quantitative estimate of drug-likeness (QED) is 0.566. The first kappa shape index (κ1) is 21.6. The Kier molecular flexibility index (Phi) is 5.52. The largest absolute Gasteiger partial charge is 0.493 e. The van der Waals surface area contributed by atoms with Gasteiger partial charge in [0.15, 0.2) is 22.9 Å². The number of para-hydroxylation sites is 1. The number of anilines is 1. The SMILES string of the molecule is COc1ccc(CN2C(=O)C(O)(CC(=O)c3c(C)coc3C)c3ccccc32)cc1OC. The van der Waals surface area contributed by atoms with Gasteiger partial charge in [0.1, 0.15) is 5.76 Å². The van der Waals surface area contributed by atoms with Gasteiger partial charge in [0.25, 0.3) is 5.91 Å². The highest BCUT2D eigenvalue weighted by atomic mass is 16.5. The second kappa shape index (κ2) is 8.16. The average molecular weight is 435 g/mol. The number of hydrogen-bond donors (Lipinski definition) is 1. The topological polar surface area (TPSA) is 89.2 Å². The van der Waals surface area contributed by atoms with E-state index in [1.54, 1.807) is 64.5 Å². The maximum absolute atomic E-state index is 13.5. The normalized spacial score (nSPS) is 17.4. The van der Waals surface area contributed by atoms with Gasteiger partial charge < -0.3 is 23.9 Å². The highest BCUT2D eigenvalue weighted by Gasteiger charge is 2.51. The second-order valence-corrected chi connectivity index (χ2v) is 7.91. The molecule has 1 atom stereocenters. The summed E-state index contributed by atoms with van der Waals surface area (Å²) in [5.41, 5.74) is 0.906. The monoisotopic (exact) mass is 435 g/mol. The van der Waals surface area contributed by atoms with Gasteiger partial charge >= 0.3 is 0 Å². The fraction of sp³-hybridized carbons (Fsp3) is 0.280. The van der Waals surface area contributed by atoms with Crippen LogP contribution in [0, 0.1) is 13.8 Å². The van der Waals surface area contributed by atoms with E-state index in [-0.39, 0.29) is 18.7 Å². The first-order valence-electron chi connectivity index (χ1n) is 10.2. The second-order valence-electron chi connectivity index (χ2n) is 7.91. The van der Waals surface area contributed by atoms with Crippen LogP contribution in [0.4, 0.5) is 5.69 Å². The lowest BCUT2D eigenvalue weighted by atomic mass is 9.87. The molecule has 0 bridgehead atoms. The molecule has 1 aliphatic heterocycles. The van der Waals surface area contributed by atoms with Crippen LogP contribution < -0.4 is 14.4 Å². The molecular formula is C25H25NO6. The molecule has 2 aromatic carbocycles. The van der Waals surface area contributed by atoms with E-state index < -0.39 is 11.5 Å². The van der Waals surface area contributed by atoms with Crippen molar-refractivity contribution in [3.63, 3.8) is 0 Å². The minimum Gasteiger partial charge on any atom is -0.493 e. The van der Waals surface area contributed by atoms with Crippen molar-refractivity contribution in [3.05, 3.63) is 76.7 Å². The van der Waals surface area contributed by atoms with Gasteiger partial charge in [-0.25, -0.2) is 0 Å². The third-order valence-electron chi connectivity index (χ3n) is 5.88. The number of methoxy groups -OCH3 is 2. The van der Waals surface area contributed by atoms with E-state index in [0.717, 1.165) is 5.56 Å². The number of rotatable bonds is 7. The summed E-state index contributed by atoms with van der Waals surface area (Å²) in [5.74, 6) is 0.712. The Balaban J connectivity index is 1.69. The molecule has 1 unspecified atom stereocenters. The fourth-order valence-electron chi connectivity index (χ4n) is 4.31. The van der Waals surface area contributed by atoms with Crippen LogP contribution in [0.15, 0.2) is 53.1 Å². The molecule has 0 spiro atoms. The van der Waals surface area contributed by atoms with E-state index in [0.29, 0.717) is 39.6 Å². The number of aryl methyl sites for hydroxylation is 2. The van der Waals surface area contributed by atoms with E-state index in [9.17, 15) is 14.7 Å². The number of carbonyl (C=O) groups is 2. The molecule has 166 valence electrons. The molecule has 32 heavy (non-hydrogen) atoms. The zero-order chi connectivity index (χ0) is 23.0. The minimum atomic E-state index is -1.96. The lowest BCUT2D eigenvalue weighted by Gasteiger charge is -2.23. The van der Waals surface area contributed by atoms with Crippen molar-refractivity contribution in [3.8, 4) is 11.5 Å². The number of carbonyl (C=O) groups excluding carboxylic acids is 2. The van der Waals surface area contributed by atoms with E-state index in [2.05, 4.69) is 0 Å². The Morgan fingerprint density at radius 2 is 1.81 bits per heavy atom. The molecular weight excluding hydrogens is 410 g/mol. The highest BCUT2D eigenvalue weighted by Crippen LogP contribution is 2.44. The molecule has 0 aliphatic carbocycles. The molecule has 3 aromatic rings. The van der Waals surface area contributed by atoms with Crippen LogP contribution in [0.1, 0.15) is 39.2 Å². The van der Waals surface area contributed by atoms with Crippen molar-refractivity contribution < 1.29 is 28.6 Å². The van der Waals surface area contributed by atoms with Gasteiger partial charge in [-0.15, -0.1) is 0 Å². The maximum atomic E-state index is 13.5. The first-order valence-corrected chi connectivity index (χ1v) is 10.2. The van der Waals surface area contributed by atoms with Crippen LogP contribution in [-0.4, -0.2) is 31.0 Å². The summed E-state index contributed by atoms with van der Waals surface area (Å²) < 4.78 is 16.0. The molecule has 0 fully saturated rings. The summed E-state index contributed by atoms with van der Waals surface area (Å²) >= 11 is 0. The molecule has 1 aromatic heterocycles. The number of benzene rings is 2. The predicted octanol–water partition coefficient (Wildman–Crippen LogP) is 3.92. The lowest BCUT2D eigenvalue weighted by molar-refractivity contribution is -0.136. The van der Waals surface area contributed by atoms with Crippen molar-refractivity contribution in [2.45, 2.75) is 32.4 Å². The number of amides is 1. The number of nitrogens with zero attached hydrogens (tertiary/aromatic N) is 1. The Bertz CT molecular complexity index is 1180. The molecule has 1 aliphatic rings. The molecule has 0 saturated heterocycles. The van der Waals surface area contributed by atoms with Gasteiger partial charge in [-0.2, -0.15) is 0 Å². The smallest absolute Gasteiger partial charge is 0.264 e. The van der Waals surface area contributed by atoms with Gasteiger partial charge in [-0.3, -0.25) is 9.59 Å². The van der Waals surface area contributed by atoms with Gasteiger partial charge in [-0.1, -0.05) is 24.3 Å². The predicted molar refractivity (Wildman–Crippen MR) is 118 cm³/mol. The van der Waals surface area contributed by atoms with Crippen LogP contribution in [0.3, 0.4) is 0 Å². The average Bonchev–Trinajstić information content (AvgIpc) is 3.23. The van der Waals surface area contributed by atoms with E-state index in [1.165, 1.54) is 11.2 Å². The molecule has 1 N–H and O–H groups in total. The zero-order valence-corrected chi connectivity index (χ0v) is 18.5. The number of fused-ring (bicyclic) bond motifs is 1. The van der Waals surface area contributed by atoms with Crippen molar-refractivity contribution in [2.75, 3.05) is 19.1 Å². The fourth-order valence-corrected chi connectivity index (χ4v) is 4.31. The van der Waals surface area contributed by atoms with Crippen molar-refractivity contribution in [2.24, 2.45) is 0 Å². The molecule has 7 nitrogen and oxygen atoms in total. The van der Waals surface area contributed by atoms with E-state index in [1.807, 2.05) is 6.07 Å². The van der Waals surface area contributed by atoms with E-state index >= 15 is 0 Å². The van der Waals surface area contributed by atoms with Crippen LogP contribution in [-0.2, 0) is 16.9 Å². The van der Waals surface area contributed by atoms with Crippen molar-refractivity contribution in [1.29, 1.82) is 0 Å². The Morgan fingerprint density at radius 3 is 2.47 bits per heavy atom. The number of aliphatic hydroxyl groups is 1. The summed E-state index contributed by atoms with van der Waals surface area (Å²) in [7, 11) is 3.10. The first-order chi connectivity index (χ1) is 15.3. The lowest BCUT2D eigenvalue weighted by Crippen LogP contribution is -2.41. The third kappa shape index (κ3) is 3.44. The standard InChI is InChI=1S/C25H25NO6/c1-15-14-32-16(2)23(15)20(27)12-25(29)18-7-5-6-8-19(18)26(24(25)28)13-17-9-10-21(30-3)22(11-17)31-4/h5-11,14,29H,12-13H2,1-4H3. The van der Waals surface area contributed by atoms with Gasteiger partial charge in [0.05, 0.1) is 44.7 Å². The van der Waals surface area contributed by atoms with Gasteiger partial charge in [0, 0.05) is 5.56 Å².